The second kappa shape index (κ2) is 5.63. The van der Waals surface area contributed by atoms with E-state index in [2.05, 4.69) is 0 Å². The van der Waals surface area contributed by atoms with Gasteiger partial charge in [0.1, 0.15) is 0 Å². The Labute approximate surface area is 103 Å². The Bertz CT molecular complexity index is 333. The first-order chi connectivity index (χ1) is 7.90. The third-order valence-electron chi connectivity index (χ3n) is 2.77. The Morgan fingerprint density at radius 2 is 1.35 bits per heavy atom. The van der Waals surface area contributed by atoms with Gasteiger partial charge in [0.25, 0.3) is 0 Å². The number of aliphatic hydroxyl groups is 1. The number of ether oxygens (including phenoxy) is 2. The molecule has 17 heavy (non-hydrogen) atoms. The van der Waals surface area contributed by atoms with Crippen LogP contribution in [-0.2, 0) is 9.47 Å². The van der Waals surface area contributed by atoms with Crippen molar-refractivity contribution in [2.75, 3.05) is 14.2 Å². The van der Waals surface area contributed by atoms with E-state index in [1.165, 1.54) is 0 Å². The molecule has 0 heterocycles. The van der Waals surface area contributed by atoms with Gasteiger partial charge in [-0.2, -0.15) is 0 Å². The van der Waals surface area contributed by atoms with Gasteiger partial charge in [0.2, 0.25) is 0 Å². The van der Waals surface area contributed by atoms with E-state index in [4.69, 9.17) is 9.47 Å². The Balaban J connectivity index is 2.88. The molecule has 0 spiro atoms. The van der Waals surface area contributed by atoms with Gasteiger partial charge >= 0.3 is 0 Å². The summed E-state index contributed by atoms with van der Waals surface area (Å²) in [5.74, 6) is 0. The molecule has 1 atom stereocenters. The van der Waals surface area contributed by atoms with Crippen molar-refractivity contribution in [1.82, 2.24) is 0 Å². The van der Waals surface area contributed by atoms with Crippen LogP contribution in [-0.4, -0.2) is 19.3 Å². The zero-order valence-electron chi connectivity index (χ0n) is 11.2. The molecule has 3 nitrogen and oxygen atoms in total. The summed E-state index contributed by atoms with van der Waals surface area (Å²) in [7, 11) is 3.21. The minimum Gasteiger partial charge on any atom is -0.388 e. The molecule has 0 fully saturated rings. The van der Waals surface area contributed by atoms with Crippen molar-refractivity contribution in [3.63, 3.8) is 0 Å². The molecule has 1 aromatic rings. The zero-order chi connectivity index (χ0) is 13.1. The van der Waals surface area contributed by atoms with Crippen molar-refractivity contribution >= 4 is 0 Å². The van der Waals surface area contributed by atoms with Crippen LogP contribution in [0, 0.1) is 5.41 Å². The Morgan fingerprint density at radius 3 is 1.71 bits per heavy atom. The fourth-order valence-corrected chi connectivity index (χ4v) is 1.70. The Hall–Kier alpha value is -0.900. The monoisotopic (exact) mass is 238 g/mol. The highest BCUT2D eigenvalue weighted by Crippen LogP contribution is 2.33. The maximum Gasteiger partial charge on any atom is 0.183 e. The molecular weight excluding hydrogens is 216 g/mol. The predicted octanol–water partition coefficient (Wildman–Crippen LogP) is 3.06. The van der Waals surface area contributed by atoms with Crippen LogP contribution in [0.5, 0.6) is 0 Å². The highest BCUT2D eigenvalue weighted by Gasteiger charge is 2.23. The molecule has 1 rings (SSSR count). The minimum atomic E-state index is -0.472. The Kier molecular flexibility index (Phi) is 4.69. The molecule has 3 heteroatoms. The molecule has 0 aromatic heterocycles. The number of hydrogen-bond donors (Lipinski definition) is 1. The predicted molar refractivity (Wildman–Crippen MR) is 67.6 cm³/mol. The van der Waals surface area contributed by atoms with Crippen LogP contribution >= 0.6 is 0 Å². The minimum absolute atomic E-state index is 0.163. The number of rotatable bonds is 4. The van der Waals surface area contributed by atoms with E-state index in [9.17, 15) is 5.11 Å². The van der Waals surface area contributed by atoms with Gasteiger partial charge in [0.05, 0.1) is 6.10 Å². The lowest BCUT2D eigenvalue weighted by atomic mass is 9.84. The first-order valence-corrected chi connectivity index (χ1v) is 5.73. The summed E-state index contributed by atoms with van der Waals surface area (Å²) in [4.78, 5) is 0. The maximum atomic E-state index is 10.1. The quantitative estimate of drug-likeness (QED) is 0.819. The van der Waals surface area contributed by atoms with Crippen molar-refractivity contribution in [1.29, 1.82) is 0 Å². The molecule has 0 saturated carbocycles. The van der Waals surface area contributed by atoms with E-state index in [-0.39, 0.29) is 11.7 Å². The van der Waals surface area contributed by atoms with Crippen molar-refractivity contribution in [2.24, 2.45) is 5.41 Å². The molecule has 1 unspecified atom stereocenters. The molecule has 0 aliphatic heterocycles. The first-order valence-electron chi connectivity index (χ1n) is 5.73. The second-order valence-corrected chi connectivity index (χ2v) is 5.24. The normalized spacial score (nSPS) is 14.1. The lowest BCUT2D eigenvalue weighted by Gasteiger charge is -2.26. The third kappa shape index (κ3) is 3.53. The van der Waals surface area contributed by atoms with E-state index in [0.717, 1.165) is 11.1 Å². The van der Waals surface area contributed by atoms with E-state index < -0.39 is 6.10 Å². The van der Waals surface area contributed by atoms with Crippen LogP contribution in [0.1, 0.15) is 44.3 Å². The lowest BCUT2D eigenvalue weighted by Crippen LogP contribution is -2.17. The summed E-state index contributed by atoms with van der Waals surface area (Å²) >= 11 is 0. The van der Waals surface area contributed by atoms with Crippen LogP contribution < -0.4 is 0 Å². The topological polar surface area (TPSA) is 38.7 Å². The number of hydrogen-bond acceptors (Lipinski definition) is 3. The number of methoxy groups -OCH3 is 2. The van der Waals surface area contributed by atoms with E-state index in [0.29, 0.717) is 0 Å². The van der Waals surface area contributed by atoms with Crippen LogP contribution in [0.2, 0.25) is 0 Å². The second-order valence-electron chi connectivity index (χ2n) is 5.24. The summed E-state index contributed by atoms with van der Waals surface area (Å²) in [5.41, 5.74) is 1.69. The summed E-state index contributed by atoms with van der Waals surface area (Å²) in [6.07, 6.45) is -0.823. The largest absolute Gasteiger partial charge is 0.388 e. The van der Waals surface area contributed by atoms with Crippen LogP contribution in [0.15, 0.2) is 24.3 Å². The fraction of sp³-hybridized carbons (Fsp3) is 0.571. The molecule has 0 bridgehead atoms. The van der Waals surface area contributed by atoms with Crippen LogP contribution in [0.25, 0.3) is 0 Å². The van der Waals surface area contributed by atoms with E-state index in [1.54, 1.807) is 14.2 Å². The molecule has 0 radical (unpaired) electrons. The molecule has 0 aliphatic rings. The van der Waals surface area contributed by atoms with Gasteiger partial charge in [-0.3, -0.25) is 0 Å². The fourth-order valence-electron chi connectivity index (χ4n) is 1.70. The van der Waals surface area contributed by atoms with Crippen molar-refractivity contribution < 1.29 is 14.6 Å². The average molecular weight is 238 g/mol. The summed E-state index contributed by atoms with van der Waals surface area (Å²) in [5, 5.41) is 10.1. The maximum absolute atomic E-state index is 10.1. The van der Waals surface area contributed by atoms with Crippen molar-refractivity contribution in [2.45, 2.75) is 33.2 Å². The van der Waals surface area contributed by atoms with Crippen LogP contribution in [0.3, 0.4) is 0 Å². The lowest BCUT2D eigenvalue weighted by molar-refractivity contribution is -0.106. The van der Waals surface area contributed by atoms with Gasteiger partial charge in [-0.15, -0.1) is 0 Å². The zero-order valence-corrected chi connectivity index (χ0v) is 11.2. The van der Waals surface area contributed by atoms with Gasteiger partial charge in [-0.05, 0) is 11.0 Å². The molecule has 0 amide bonds. The molecule has 1 N–H and O–H groups in total. The highest BCUT2D eigenvalue weighted by molar-refractivity contribution is 5.25. The first kappa shape index (κ1) is 14.2. The smallest absolute Gasteiger partial charge is 0.183 e. The van der Waals surface area contributed by atoms with Gasteiger partial charge in [-0.1, -0.05) is 45.0 Å². The van der Waals surface area contributed by atoms with Gasteiger partial charge in [-0.25, -0.2) is 0 Å². The Morgan fingerprint density at radius 1 is 0.941 bits per heavy atom. The summed E-state index contributed by atoms with van der Waals surface area (Å²) in [6, 6.07) is 7.66. The number of benzene rings is 1. The third-order valence-corrected chi connectivity index (χ3v) is 2.77. The molecular formula is C14H22O3. The van der Waals surface area contributed by atoms with Gasteiger partial charge < -0.3 is 14.6 Å². The van der Waals surface area contributed by atoms with E-state index >= 15 is 0 Å². The SMILES string of the molecule is COC(OC)c1ccc(C(O)C(C)(C)C)cc1. The standard InChI is InChI=1S/C14H22O3/c1-14(2,3)12(15)10-6-8-11(9-7-10)13(16-4)17-5/h6-9,12-13,15H,1-5H3. The average Bonchev–Trinajstić information content (AvgIpc) is 2.29. The summed E-state index contributed by atoms with van der Waals surface area (Å²) < 4.78 is 10.3. The summed E-state index contributed by atoms with van der Waals surface area (Å²) in [6.45, 7) is 6.04. The number of aliphatic hydroxyl groups excluding tert-OH is 1. The highest BCUT2D eigenvalue weighted by atomic mass is 16.7. The van der Waals surface area contributed by atoms with Crippen LogP contribution in [0.4, 0.5) is 0 Å². The molecule has 96 valence electrons. The van der Waals surface area contributed by atoms with E-state index in [1.807, 2.05) is 45.0 Å². The van der Waals surface area contributed by atoms with Gasteiger partial charge in [0.15, 0.2) is 6.29 Å². The molecule has 0 saturated heterocycles. The van der Waals surface area contributed by atoms with Crippen molar-refractivity contribution in [3.05, 3.63) is 35.4 Å². The molecule has 0 aliphatic carbocycles. The van der Waals surface area contributed by atoms with Crippen molar-refractivity contribution in [3.8, 4) is 0 Å². The molecule has 1 aromatic carbocycles. The van der Waals surface area contributed by atoms with Gasteiger partial charge in [0, 0.05) is 19.8 Å².